The van der Waals surface area contributed by atoms with E-state index in [9.17, 15) is 14.4 Å². The van der Waals surface area contributed by atoms with Crippen LogP contribution in [0.2, 0.25) is 0 Å². The third-order valence-corrected chi connectivity index (χ3v) is 4.28. The van der Waals surface area contributed by atoms with Crippen LogP contribution in [-0.2, 0) is 9.53 Å². The van der Waals surface area contributed by atoms with E-state index in [0.717, 1.165) is 0 Å². The Morgan fingerprint density at radius 3 is 2.33 bits per heavy atom. The third-order valence-electron chi connectivity index (χ3n) is 4.28. The topological polar surface area (TPSA) is 100 Å². The summed E-state index contributed by atoms with van der Waals surface area (Å²) in [7, 11) is 4.24. The van der Waals surface area contributed by atoms with Crippen molar-refractivity contribution in [1.82, 2.24) is 0 Å². The fraction of sp³-hybridized carbons (Fsp3) is 0.318. The Balaban J connectivity index is 1.92. The molecule has 0 aliphatic heterocycles. The van der Waals surface area contributed by atoms with Gasteiger partial charge in [-0.05, 0) is 49.7 Å². The minimum atomic E-state index is -0.575. The summed E-state index contributed by atoms with van der Waals surface area (Å²) in [5, 5.41) is 2.71. The normalized spacial score (nSPS) is 10.1. The monoisotopic (exact) mass is 415 g/mol. The molecule has 2 aromatic carbocycles. The molecular formula is C22H25NO7. The molecular weight excluding hydrogens is 390 g/mol. The van der Waals surface area contributed by atoms with Crippen LogP contribution in [0.3, 0.4) is 0 Å². The lowest BCUT2D eigenvalue weighted by molar-refractivity contribution is -0.116. The number of hydrogen-bond acceptors (Lipinski definition) is 7. The van der Waals surface area contributed by atoms with Gasteiger partial charge in [0, 0.05) is 12.0 Å². The molecule has 0 atom stereocenters. The van der Waals surface area contributed by atoms with Crippen molar-refractivity contribution in [3.63, 3.8) is 0 Å². The molecule has 2 aromatic rings. The first-order valence-corrected chi connectivity index (χ1v) is 9.27. The highest BCUT2D eigenvalue weighted by molar-refractivity contribution is 6.01. The molecule has 0 spiro atoms. The second-order valence-electron chi connectivity index (χ2n) is 6.33. The minimum Gasteiger partial charge on any atom is -0.497 e. The van der Waals surface area contributed by atoms with Gasteiger partial charge in [0.1, 0.15) is 5.75 Å². The second kappa shape index (κ2) is 10.8. The summed E-state index contributed by atoms with van der Waals surface area (Å²) < 4.78 is 20.8. The van der Waals surface area contributed by atoms with E-state index >= 15 is 0 Å². The van der Waals surface area contributed by atoms with Crippen LogP contribution in [0.15, 0.2) is 36.4 Å². The molecule has 0 aliphatic carbocycles. The van der Waals surface area contributed by atoms with Crippen LogP contribution in [0, 0.1) is 0 Å². The number of ketones is 1. The number of carbonyl (C=O) groups is 3. The molecule has 1 amide bonds. The average molecular weight is 415 g/mol. The highest BCUT2D eigenvalue weighted by atomic mass is 16.5. The standard InChI is InChI=1S/C22H25NO7/c1-14(24)15-7-10-19(20(12-15)28-3)30-11-5-6-21(25)23-18-9-8-16(27-2)13-17(18)22(26)29-4/h7-10,12-13H,5-6,11H2,1-4H3,(H,23,25). The van der Waals surface area contributed by atoms with E-state index < -0.39 is 5.97 Å². The first-order chi connectivity index (χ1) is 14.4. The molecule has 0 heterocycles. The summed E-state index contributed by atoms with van der Waals surface area (Å²) in [6.45, 7) is 1.75. The van der Waals surface area contributed by atoms with Gasteiger partial charge in [-0.2, -0.15) is 0 Å². The minimum absolute atomic E-state index is 0.0682. The molecule has 2 rings (SSSR count). The first kappa shape index (κ1) is 22.7. The molecule has 0 saturated heterocycles. The van der Waals surface area contributed by atoms with Crippen LogP contribution in [-0.4, -0.2) is 45.6 Å². The number of benzene rings is 2. The summed E-state index contributed by atoms with van der Waals surface area (Å²) in [5.41, 5.74) is 1.08. The number of hydrogen-bond donors (Lipinski definition) is 1. The zero-order chi connectivity index (χ0) is 22.1. The van der Waals surface area contributed by atoms with Crippen molar-refractivity contribution in [2.45, 2.75) is 19.8 Å². The molecule has 0 bridgehead atoms. The van der Waals surface area contributed by atoms with Gasteiger partial charge in [0.2, 0.25) is 5.91 Å². The van der Waals surface area contributed by atoms with E-state index in [1.165, 1.54) is 34.3 Å². The molecule has 8 heteroatoms. The zero-order valence-electron chi connectivity index (χ0n) is 17.4. The lowest BCUT2D eigenvalue weighted by Gasteiger charge is -2.13. The lowest BCUT2D eigenvalue weighted by atomic mass is 10.1. The van der Waals surface area contributed by atoms with Crippen LogP contribution in [0.4, 0.5) is 5.69 Å². The summed E-state index contributed by atoms with van der Waals surface area (Å²) in [5.74, 6) is 0.508. The van der Waals surface area contributed by atoms with Gasteiger partial charge in [-0.25, -0.2) is 4.79 Å². The highest BCUT2D eigenvalue weighted by Crippen LogP contribution is 2.28. The molecule has 0 unspecified atom stereocenters. The van der Waals surface area contributed by atoms with Gasteiger partial charge in [0.25, 0.3) is 0 Å². The summed E-state index contributed by atoms with van der Waals surface area (Å²) >= 11 is 0. The maximum atomic E-state index is 12.3. The molecule has 160 valence electrons. The Hall–Kier alpha value is -3.55. The largest absolute Gasteiger partial charge is 0.497 e. The number of carbonyl (C=O) groups excluding carboxylic acids is 3. The van der Waals surface area contributed by atoms with Crippen LogP contribution in [0.1, 0.15) is 40.5 Å². The van der Waals surface area contributed by atoms with E-state index in [1.54, 1.807) is 30.3 Å². The lowest BCUT2D eigenvalue weighted by Crippen LogP contribution is -2.16. The van der Waals surface area contributed by atoms with Gasteiger partial charge in [-0.15, -0.1) is 0 Å². The fourth-order valence-corrected chi connectivity index (χ4v) is 2.67. The van der Waals surface area contributed by atoms with Gasteiger partial charge in [-0.1, -0.05) is 0 Å². The van der Waals surface area contributed by atoms with E-state index in [1.807, 2.05) is 0 Å². The van der Waals surface area contributed by atoms with Gasteiger partial charge in [0.15, 0.2) is 17.3 Å². The quantitative estimate of drug-likeness (QED) is 0.360. The van der Waals surface area contributed by atoms with Crippen molar-refractivity contribution in [3.8, 4) is 17.2 Å². The van der Waals surface area contributed by atoms with Crippen LogP contribution in [0.5, 0.6) is 17.2 Å². The molecule has 0 radical (unpaired) electrons. The molecule has 8 nitrogen and oxygen atoms in total. The average Bonchev–Trinajstić information content (AvgIpc) is 2.76. The Morgan fingerprint density at radius 1 is 0.933 bits per heavy atom. The van der Waals surface area contributed by atoms with Gasteiger partial charge >= 0.3 is 5.97 Å². The first-order valence-electron chi connectivity index (χ1n) is 9.27. The van der Waals surface area contributed by atoms with Gasteiger partial charge in [-0.3, -0.25) is 9.59 Å². The van der Waals surface area contributed by atoms with Crippen molar-refractivity contribution in [2.75, 3.05) is 33.3 Å². The van der Waals surface area contributed by atoms with Crippen LogP contribution < -0.4 is 19.5 Å². The number of Topliss-reactive ketones (excluding diaryl/α,β-unsaturated/α-hetero) is 1. The van der Waals surface area contributed by atoms with Crippen molar-refractivity contribution >= 4 is 23.3 Å². The number of nitrogens with one attached hydrogen (secondary N) is 1. The summed E-state index contributed by atoms with van der Waals surface area (Å²) in [4.78, 5) is 35.7. The van der Waals surface area contributed by atoms with Gasteiger partial charge in [0.05, 0.1) is 39.2 Å². The zero-order valence-corrected chi connectivity index (χ0v) is 17.4. The maximum Gasteiger partial charge on any atom is 0.340 e. The van der Waals surface area contributed by atoms with E-state index in [2.05, 4.69) is 5.32 Å². The Labute approximate surface area is 175 Å². The van der Waals surface area contributed by atoms with Crippen molar-refractivity contribution in [3.05, 3.63) is 47.5 Å². The molecule has 30 heavy (non-hydrogen) atoms. The number of rotatable bonds is 10. The predicted octanol–water partition coefficient (Wildman–Crippen LogP) is 3.49. The van der Waals surface area contributed by atoms with Crippen LogP contribution in [0.25, 0.3) is 0 Å². The fourth-order valence-electron chi connectivity index (χ4n) is 2.67. The summed E-state index contributed by atoms with van der Waals surface area (Å²) in [6.07, 6.45) is 0.619. The Kier molecular flexibility index (Phi) is 8.22. The van der Waals surface area contributed by atoms with E-state index in [-0.39, 0.29) is 30.3 Å². The molecule has 0 aromatic heterocycles. The van der Waals surface area contributed by atoms with Gasteiger partial charge < -0.3 is 24.3 Å². The third kappa shape index (κ3) is 5.97. The van der Waals surface area contributed by atoms with Crippen LogP contribution >= 0.6 is 0 Å². The van der Waals surface area contributed by atoms with Crippen molar-refractivity contribution < 1.29 is 33.3 Å². The predicted molar refractivity (Wildman–Crippen MR) is 111 cm³/mol. The Morgan fingerprint density at radius 2 is 1.70 bits per heavy atom. The summed E-state index contributed by atoms with van der Waals surface area (Å²) in [6, 6.07) is 9.66. The second-order valence-corrected chi connectivity index (χ2v) is 6.33. The number of anilines is 1. The van der Waals surface area contributed by atoms with Crippen molar-refractivity contribution in [2.24, 2.45) is 0 Å². The van der Waals surface area contributed by atoms with Crippen molar-refractivity contribution in [1.29, 1.82) is 0 Å². The Bertz CT molecular complexity index is 924. The smallest absolute Gasteiger partial charge is 0.340 e. The number of methoxy groups -OCH3 is 3. The molecule has 0 fully saturated rings. The number of ether oxygens (including phenoxy) is 4. The number of amides is 1. The highest BCUT2D eigenvalue weighted by Gasteiger charge is 2.15. The number of esters is 1. The molecule has 0 aliphatic rings. The molecule has 0 saturated carbocycles. The van der Waals surface area contributed by atoms with E-state index in [4.69, 9.17) is 18.9 Å². The maximum absolute atomic E-state index is 12.3. The molecule has 1 N–H and O–H groups in total. The SMILES string of the molecule is COC(=O)c1cc(OC)ccc1NC(=O)CCCOc1ccc(C(C)=O)cc1OC. The van der Waals surface area contributed by atoms with E-state index in [0.29, 0.717) is 34.9 Å².